The zero-order valence-electron chi connectivity index (χ0n) is 19.5. The summed E-state index contributed by atoms with van der Waals surface area (Å²) in [6.07, 6.45) is -0.0993. The molecule has 0 aliphatic carbocycles. The van der Waals surface area contributed by atoms with Crippen LogP contribution in [0.1, 0.15) is 22.4 Å². The molecule has 176 valence electrons. The van der Waals surface area contributed by atoms with Crippen LogP contribution in [0.15, 0.2) is 71.5 Å². The Balaban J connectivity index is 1.29. The lowest BCUT2D eigenvalue weighted by atomic mass is 10.1. The van der Waals surface area contributed by atoms with Gasteiger partial charge in [-0.3, -0.25) is 4.79 Å². The molecule has 1 atom stereocenters. The van der Waals surface area contributed by atoms with E-state index in [1.165, 1.54) is 11.6 Å². The van der Waals surface area contributed by atoms with E-state index in [4.69, 9.17) is 14.2 Å². The molecule has 6 nitrogen and oxygen atoms in total. The minimum atomic E-state index is -0.0993. The van der Waals surface area contributed by atoms with E-state index in [-0.39, 0.29) is 11.7 Å². The Hall–Kier alpha value is -3.37. The van der Waals surface area contributed by atoms with Gasteiger partial charge in [0, 0.05) is 23.9 Å². The fourth-order valence-electron chi connectivity index (χ4n) is 3.69. The summed E-state index contributed by atoms with van der Waals surface area (Å²) in [7, 11) is 0. The Morgan fingerprint density at radius 3 is 2.62 bits per heavy atom. The van der Waals surface area contributed by atoms with Crippen molar-refractivity contribution in [2.75, 3.05) is 33.0 Å². The Bertz CT molecular complexity index is 1170. The predicted molar refractivity (Wildman–Crippen MR) is 132 cm³/mol. The van der Waals surface area contributed by atoms with E-state index in [1.54, 1.807) is 4.57 Å². The van der Waals surface area contributed by atoms with Gasteiger partial charge in [0.1, 0.15) is 18.5 Å². The molecule has 2 heterocycles. The van der Waals surface area contributed by atoms with Crippen LogP contribution in [0.5, 0.6) is 5.75 Å². The van der Waals surface area contributed by atoms with Crippen molar-refractivity contribution >= 4 is 0 Å². The zero-order chi connectivity index (χ0) is 23.6. The van der Waals surface area contributed by atoms with E-state index in [2.05, 4.69) is 29.3 Å². The third-order valence-electron chi connectivity index (χ3n) is 5.54. The SMILES string of the molecule is Cc1cc(OCC2COCCO2)cc(=O)n1Cc1ccc(C#CCNCc2ccccc2)cc1. The maximum absolute atomic E-state index is 12.7. The molecule has 1 aliphatic rings. The van der Waals surface area contributed by atoms with Crippen LogP contribution in [0.2, 0.25) is 0 Å². The van der Waals surface area contributed by atoms with Crippen molar-refractivity contribution in [2.24, 2.45) is 0 Å². The smallest absolute Gasteiger partial charge is 0.254 e. The van der Waals surface area contributed by atoms with Crippen LogP contribution in [0.25, 0.3) is 0 Å². The summed E-state index contributed by atoms with van der Waals surface area (Å²) < 4.78 is 18.5. The molecule has 0 amide bonds. The van der Waals surface area contributed by atoms with E-state index >= 15 is 0 Å². The van der Waals surface area contributed by atoms with Gasteiger partial charge in [0.2, 0.25) is 0 Å². The topological polar surface area (TPSA) is 61.7 Å². The molecule has 0 radical (unpaired) electrons. The third kappa shape index (κ3) is 7.06. The number of hydrogen-bond donors (Lipinski definition) is 1. The largest absolute Gasteiger partial charge is 0.491 e. The van der Waals surface area contributed by atoms with Gasteiger partial charge in [0.05, 0.1) is 32.9 Å². The normalized spacial score (nSPS) is 15.4. The highest BCUT2D eigenvalue weighted by molar-refractivity contribution is 5.36. The first kappa shape index (κ1) is 23.8. The quantitative estimate of drug-likeness (QED) is 0.415. The van der Waals surface area contributed by atoms with Gasteiger partial charge in [-0.15, -0.1) is 0 Å². The second-order valence-electron chi connectivity index (χ2n) is 8.22. The number of pyridine rings is 1. The first-order valence-corrected chi connectivity index (χ1v) is 11.5. The van der Waals surface area contributed by atoms with Gasteiger partial charge in [-0.25, -0.2) is 0 Å². The summed E-state index contributed by atoms with van der Waals surface area (Å²) in [5, 5.41) is 3.33. The van der Waals surface area contributed by atoms with Crippen LogP contribution < -0.4 is 15.6 Å². The summed E-state index contributed by atoms with van der Waals surface area (Å²) >= 11 is 0. The second-order valence-corrected chi connectivity index (χ2v) is 8.22. The number of hydrogen-bond acceptors (Lipinski definition) is 5. The zero-order valence-corrected chi connectivity index (χ0v) is 19.5. The molecule has 1 saturated heterocycles. The molecular weight excluding hydrogens is 428 g/mol. The minimum Gasteiger partial charge on any atom is -0.491 e. The molecule has 1 unspecified atom stereocenters. The number of ether oxygens (including phenoxy) is 3. The van der Waals surface area contributed by atoms with E-state index < -0.39 is 0 Å². The average Bonchev–Trinajstić information content (AvgIpc) is 2.87. The molecule has 2 aromatic carbocycles. The fourth-order valence-corrected chi connectivity index (χ4v) is 3.69. The van der Waals surface area contributed by atoms with Gasteiger partial charge in [-0.1, -0.05) is 54.3 Å². The van der Waals surface area contributed by atoms with Gasteiger partial charge in [-0.05, 0) is 36.2 Å². The highest BCUT2D eigenvalue weighted by Gasteiger charge is 2.15. The van der Waals surface area contributed by atoms with Crippen molar-refractivity contribution in [3.8, 4) is 17.6 Å². The van der Waals surface area contributed by atoms with Crippen LogP contribution in [-0.4, -0.2) is 43.6 Å². The number of nitrogens with one attached hydrogen (secondary N) is 1. The second kappa shape index (κ2) is 12.2. The molecule has 0 spiro atoms. The van der Waals surface area contributed by atoms with Gasteiger partial charge in [0.15, 0.2) is 0 Å². The number of rotatable bonds is 8. The number of benzene rings is 2. The van der Waals surface area contributed by atoms with Gasteiger partial charge >= 0.3 is 0 Å². The van der Waals surface area contributed by atoms with E-state index in [0.717, 1.165) is 23.4 Å². The molecule has 1 fully saturated rings. The summed E-state index contributed by atoms with van der Waals surface area (Å²) in [6, 6.07) is 21.7. The number of aryl methyl sites for hydroxylation is 1. The number of nitrogens with zero attached hydrogens (tertiary/aromatic N) is 1. The molecule has 6 heteroatoms. The monoisotopic (exact) mass is 458 g/mol. The lowest BCUT2D eigenvalue weighted by Crippen LogP contribution is -2.33. The summed E-state index contributed by atoms with van der Waals surface area (Å²) in [5.74, 6) is 6.89. The lowest BCUT2D eigenvalue weighted by Gasteiger charge is -2.23. The Kier molecular flexibility index (Phi) is 8.53. The highest BCUT2D eigenvalue weighted by atomic mass is 16.6. The Morgan fingerprint density at radius 1 is 1.06 bits per heavy atom. The van der Waals surface area contributed by atoms with Crippen LogP contribution in [-0.2, 0) is 22.6 Å². The average molecular weight is 459 g/mol. The van der Waals surface area contributed by atoms with Crippen molar-refractivity contribution < 1.29 is 14.2 Å². The standard InChI is InChI=1S/C28H30N2O4/c1-22-16-26(34-21-27-20-32-14-15-33-27)17-28(31)30(22)19-25-11-9-23(10-12-25)8-5-13-29-18-24-6-3-2-4-7-24/h2-4,6-7,9-12,16-17,27,29H,13-15,18-21H2,1H3. The molecule has 0 bridgehead atoms. The van der Waals surface area contributed by atoms with Crippen LogP contribution >= 0.6 is 0 Å². The molecule has 0 saturated carbocycles. The van der Waals surface area contributed by atoms with Crippen molar-refractivity contribution in [1.82, 2.24) is 9.88 Å². The first-order valence-electron chi connectivity index (χ1n) is 11.5. The van der Waals surface area contributed by atoms with Crippen LogP contribution in [0.4, 0.5) is 0 Å². The molecule has 3 aromatic rings. The van der Waals surface area contributed by atoms with Gasteiger partial charge < -0.3 is 24.1 Å². The molecular formula is C28H30N2O4. The van der Waals surface area contributed by atoms with Crippen molar-refractivity contribution in [1.29, 1.82) is 0 Å². The van der Waals surface area contributed by atoms with Gasteiger partial charge in [0.25, 0.3) is 5.56 Å². The molecule has 1 aliphatic heterocycles. The van der Waals surface area contributed by atoms with Crippen molar-refractivity contribution in [3.63, 3.8) is 0 Å². The highest BCUT2D eigenvalue weighted by Crippen LogP contribution is 2.13. The summed E-state index contributed by atoms with van der Waals surface area (Å²) in [4.78, 5) is 12.7. The van der Waals surface area contributed by atoms with Gasteiger partial charge in [-0.2, -0.15) is 0 Å². The minimum absolute atomic E-state index is 0.0934. The summed E-state index contributed by atoms with van der Waals surface area (Å²) in [5.41, 5.74) is 3.99. The third-order valence-corrected chi connectivity index (χ3v) is 5.54. The predicted octanol–water partition coefficient (Wildman–Crippen LogP) is 3.14. The van der Waals surface area contributed by atoms with E-state index in [1.807, 2.05) is 55.5 Å². The Morgan fingerprint density at radius 2 is 1.88 bits per heavy atom. The maximum Gasteiger partial charge on any atom is 0.254 e. The lowest BCUT2D eigenvalue weighted by molar-refractivity contribution is -0.101. The van der Waals surface area contributed by atoms with Crippen LogP contribution in [0, 0.1) is 18.8 Å². The first-order chi connectivity index (χ1) is 16.7. The molecule has 4 rings (SSSR count). The maximum atomic E-state index is 12.7. The van der Waals surface area contributed by atoms with Crippen molar-refractivity contribution in [2.45, 2.75) is 26.1 Å². The Labute approximate surface area is 200 Å². The van der Waals surface area contributed by atoms with E-state index in [0.29, 0.717) is 45.3 Å². The van der Waals surface area contributed by atoms with Crippen molar-refractivity contribution in [3.05, 3.63) is 99.5 Å². The molecule has 1 aromatic heterocycles. The molecule has 34 heavy (non-hydrogen) atoms. The fraction of sp³-hybridized carbons (Fsp3) is 0.321. The number of aromatic nitrogens is 1. The summed E-state index contributed by atoms with van der Waals surface area (Å²) in [6.45, 7) is 5.91. The molecule has 1 N–H and O–H groups in total. The van der Waals surface area contributed by atoms with Crippen LogP contribution in [0.3, 0.4) is 0 Å². The van der Waals surface area contributed by atoms with E-state index in [9.17, 15) is 4.79 Å².